The summed E-state index contributed by atoms with van der Waals surface area (Å²) in [6, 6.07) is 2.05. The van der Waals surface area contributed by atoms with Gasteiger partial charge in [-0.3, -0.25) is 0 Å². The summed E-state index contributed by atoms with van der Waals surface area (Å²) in [5, 5.41) is 0. The highest BCUT2D eigenvalue weighted by Crippen LogP contribution is 2.14. The van der Waals surface area contributed by atoms with E-state index >= 15 is 0 Å². The van der Waals surface area contributed by atoms with Crippen molar-refractivity contribution >= 4 is 5.69 Å². The van der Waals surface area contributed by atoms with Gasteiger partial charge in [0, 0.05) is 6.07 Å². The van der Waals surface area contributed by atoms with Gasteiger partial charge in [0.25, 0.3) is 0 Å². The maximum Gasteiger partial charge on any atom is 0.149 e. The van der Waals surface area contributed by atoms with Gasteiger partial charge in [-0.25, -0.2) is 8.78 Å². The zero-order chi connectivity index (χ0) is 7.72. The molecule has 10 heavy (non-hydrogen) atoms. The van der Waals surface area contributed by atoms with Crippen molar-refractivity contribution in [1.82, 2.24) is 0 Å². The van der Waals surface area contributed by atoms with E-state index in [1.807, 2.05) is 0 Å². The molecule has 0 saturated carbocycles. The van der Waals surface area contributed by atoms with Crippen LogP contribution in [0.3, 0.4) is 0 Å². The summed E-state index contributed by atoms with van der Waals surface area (Å²) >= 11 is 0. The lowest BCUT2D eigenvalue weighted by Gasteiger charge is -1.98. The SMILES string of the molecule is Cc1cc(N)c(F)cc1F. The van der Waals surface area contributed by atoms with Crippen LogP contribution >= 0.6 is 0 Å². The van der Waals surface area contributed by atoms with E-state index in [0.29, 0.717) is 5.56 Å². The molecular weight excluding hydrogens is 136 g/mol. The molecule has 0 spiro atoms. The van der Waals surface area contributed by atoms with Gasteiger partial charge in [0.2, 0.25) is 0 Å². The number of rotatable bonds is 0. The Morgan fingerprint density at radius 1 is 1.20 bits per heavy atom. The first-order valence-corrected chi connectivity index (χ1v) is 2.82. The molecule has 3 heteroatoms. The first-order valence-electron chi connectivity index (χ1n) is 2.82. The molecule has 0 heterocycles. The molecule has 1 aromatic carbocycles. The van der Waals surface area contributed by atoms with Crippen LogP contribution in [0.15, 0.2) is 12.1 Å². The number of nitrogens with two attached hydrogens (primary N) is 1. The van der Waals surface area contributed by atoms with Gasteiger partial charge in [0.05, 0.1) is 5.69 Å². The summed E-state index contributed by atoms with van der Waals surface area (Å²) in [7, 11) is 0. The number of aryl methyl sites for hydroxylation is 1. The fourth-order valence-corrected chi connectivity index (χ4v) is 0.680. The molecule has 2 N–H and O–H groups in total. The monoisotopic (exact) mass is 143 g/mol. The molecule has 0 amide bonds. The summed E-state index contributed by atoms with van der Waals surface area (Å²) in [6.07, 6.45) is 0. The lowest BCUT2D eigenvalue weighted by Crippen LogP contribution is -1.93. The Morgan fingerprint density at radius 2 is 1.80 bits per heavy atom. The second-order valence-electron chi connectivity index (χ2n) is 2.12. The van der Waals surface area contributed by atoms with Crippen LogP contribution in [0.25, 0.3) is 0 Å². The number of benzene rings is 1. The topological polar surface area (TPSA) is 26.0 Å². The number of hydrogen-bond acceptors (Lipinski definition) is 1. The molecule has 0 fully saturated rings. The van der Waals surface area contributed by atoms with Gasteiger partial charge in [0.1, 0.15) is 11.6 Å². The normalized spacial score (nSPS) is 9.90. The van der Waals surface area contributed by atoms with E-state index in [1.165, 1.54) is 13.0 Å². The van der Waals surface area contributed by atoms with E-state index in [2.05, 4.69) is 0 Å². The van der Waals surface area contributed by atoms with E-state index in [1.54, 1.807) is 0 Å². The van der Waals surface area contributed by atoms with Crippen LogP contribution in [0.5, 0.6) is 0 Å². The number of nitrogen functional groups attached to an aromatic ring is 1. The standard InChI is InChI=1S/C7H7F2N/c1-4-2-7(10)6(9)3-5(4)8/h2-3H,10H2,1H3. The van der Waals surface area contributed by atoms with E-state index in [4.69, 9.17) is 5.73 Å². The van der Waals surface area contributed by atoms with Crippen LogP contribution in [0.4, 0.5) is 14.5 Å². The molecule has 0 saturated heterocycles. The van der Waals surface area contributed by atoms with Crippen LogP contribution in [0, 0.1) is 18.6 Å². The van der Waals surface area contributed by atoms with Gasteiger partial charge in [-0.2, -0.15) is 0 Å². The van der Waals surface area contributed by atoms with Gasteiger partial charge in [-0.1, -0.05) is 0 Å². The van der Waals surface area contributed by atoms with Crippen molar-refractivity contribution in [3.8, 4) is 0 Å². The van der Waals surface area contributed by atoms with Crippen molar-refractivity contribution in [3.63, 3.8) is 0 Å². The largest absolute Gasteiger partial charge is 0.396 e. The molecule has 1 nitrogen and oxygen atoms in total. The zero-order valence-corrected chi connectivity index (χ0v) is 5.49. The van der Waals surface area contributed by atoms with E-state index in [9.17, 15) is 8.78 Å². The molecule has 1 aromatic rings. The molecule has 0 aliphatic carbocycles. The minimum absolute atomic E-state index is 0.0149. The van der Waals surface area contributed by atoms with Gasteiger partial charge in [-0.15, -0.1) is 0 Å². The zero-order valence-electron chi connectivity index (χ0n) is 5.49. The summed E-state index contributed by atoms with van der Waals surface area (Å²) in [4.78, 5) is 0. The minimum atomic E-state index is -0.705. The summed E-state index contributed by atoms with van der Waals surface area (Å²) in [5.41, 5.74) is 5.49. The summed E-state index contributed by atoms with van der Waals surface area (Å²) < 4.78 is 24.9. The van der Waals surface area contributed by atoms with Crippen molar-refractivity contribution in [2.24, 2.45) is 0 Å². The average Bonchev–Trinajstić information content (AvgIpc) is 1.84. The molecule has 0 atom stereocenters. The highest BCUT2D eigenvalue weighted by molar-refractivity contribution is 5.42. The summed E-state index contributed by atoms with van der Waals surface area (Å²) in [6.45, 7) is 1.53. The fourth-order valence-electron chi connectivity index (χ4n) is 0.680. The quantitative estimate of drug-likeness (QED) is 0.551. The predicted molar refractivity (Wildman–Crippen MR) is 35.5 cm³/mol. The van der Waals surface area contributed by atoms with Crippen LogP contribution < -0.4 is 5.73 Å². The summed E-state index contributed by atoms with van der Waals surface area (Å²) in [5.74, 6) is -1.27. The Morgan fingerprint density at radius 3 is 2.30 bits per heavy atom. The highest BCUT2D eigenvalue weighted by atomic mass is 19.1. The first-order chi connectivity index (χ1) is 4.61. The maximum atomic E-state index is 12.5. The van der Waals surface area contributed by atoms with Crippen molar-refractivity contribution in [3.05, 3.63) is 29.3 Å². The molecule has 0 unspecified atom stereocenters. The van der Waals surface area contributed by atoms with E-state index in [-0.39, 0.29) is 5.69 Å². The molecule has 0 bridgehead atoms. The molecule has 0 radical (unpaired) electrons. The highest BCUT2D eigenvalue weighted by Gasteiger charge is 2.02. The molecule has 1 rings (SSSR count). The Labute approximate surface area is 57.5 Å². The van der Waals surface area contributed by atoms with Crippen LogP contribution in [-0.4, -0.2) is 0 Å². The van der Waals surface area contributed by atoms with Crippen LogP contribution in [-0.2, 0) is 0 Å². The fraction of sp³-hybridized carbons (Fsp3) is 0.143. The molecule has 0 aromatic heterocycles. The van der Waals surface area contributed by atoms with Crippen molar-refractivity contribution < 1.29 is 8.78 Å². The lowest BCUT2D eigenvalue weighted by atomic mass is 10.2. The Kier molecular flexibility index (Phi) is 1.57. The van der Waals surface area contributed by atoms with Gasteiger partial charge >= 0.3 is 0 Å². The number of halogens is 2. The maximum absolute atomic E-state index is 12.5. The predicted octanol–water partition coefficient (Wildman–Crippen LogP) is 1.86. The molecule has 0 aliphatic heterocycles. The second-order valence-corrected chi connectivity index (χ2v) is 2.12. The molecule has 0 aliphatic rings. The van der Waals surface area contributed by atoms with E-state index < -0.39 is 11.6 Å². The Hall–Kier alpha value is -1.12. The average molecular weight is 143 g/mol. The number of hydrogen-bond donors (Lipinski definition) is 1. The second kappa shape index (κ2) is 2.25. The Balaban J connectivity index is 3.28. The van der Waals surface area contributed by atoms with Gasteiger partial charge in [0.15, 0.2) is 0 Å². The van der Waals surface area contributed by atoms with Crippen LogP contribution in [0.2, 0.25) is 0 Å². The smallest absolute Gasteiger partial charge is 0.149 e. The van der Waals surface area contributed by atoms with Gasteiger partial charge < -0.3 is 5.73 Å². The van der Waals surface area contributed by atoms with Crippen molar-refractivity contribution in [1.29, 1.82) is 0 Å². The van der Waals surface area contributed by atoms with Crippen LogP contribution in [0.1, 0.15) is 5.56 Å². The minimum Gasteiger partial charge on any atom is -0.396 e. The third-order valence-corrected chi connectivity index (χ3v) is 1.28. The van der Waals surface area contributed by atoms with E-state index in [0.717, 1.165) is 6.07 Å². The van der Waals surface area contributed by atoms with Crippen molar-refractivity contribution in [2.75, 3.05) is 5.73 Å². The molecular formula is C7H7F2N. The Bertz CT molecular complexity index is 208. The lowest BCUT2D eigenvalue weighted by molar-refractivity contribution is 0.580. The first kappa shape index (κ1) is 6.99. The van der Waals surface area contributed by atoms with Gasteiger partial charge in [-0.05, 0) is 18.6 Å². The number of anilines is 1. The third-order valence-electron chi connectivity index (χ3n) is 1.28. The molecule has 54 valence electrons. The third kappa shape index (κ3) is 1.07. The van der Waals surface area contributed by atoms with Crippen molar-refractivity contribution in [2.45, 2.75) is 6.92 Å².